The van der Waals surface area contributed by atoms with E-state index in [0.717, 1.165) is 5.69 Å². The summed E-state index contributed by atoms with van der Waals surface area (Å²) in [5.41, 5.74) is 0.932. The number of rotatable bonds is 5. The van der Waals surface area contributed by atoms with E-state index in [1.54, 1.807) is 14.0 Å². The number of nitrogens with zero attached hydrogens (tertiary/aromatic N) is 2. The van der Waals surface area contributed by atoms with Crippen molar-refractivity contribution in [1.82, 2.24) is 9.88 Å². The Morgan fingerprint density at radius 1 is 1.47 bits per heavy atom. The number of aliphatic carboxylic acids is 1. The van der Waals surface area contributed by atoms with Gasteiger partial charge in [-0.1, -0.05) is 20.8 Å². The molecule has 1 aromatic heterocycles. The average Bonchev–Trinajstić information content (AvgIpc) is 2.77. The van der Waals surface area contributed by atoms with E-state index in [1.165, 1.54) is 16.2 Å². The predicted molar refractivity (Wildman–Crippen MR) is 74.7 cm³/mol. The van der Waals surface area contributed by atoms with Crippen LogP contribution in [0.4, 0.5) is 9.93 Å². The normalized spacial score (nSPS) is 12.3. The number of amides is 2. The molecular formula is C12H19N3O3S. The van der Waals surface area contributed by atoms with Gasteiger partial charge in [-0.3, -0.25) is 10.1 Å². The lowest BCUT2D eigenvalue weighted by atomic mass is 10.2. The third kappa shape index (κ3) is 4.51. The Kier molecular flexibility index (Phi) is 5.29. The fraction of sp³-hybridized carbons (Fsp3) is 0.583. The fourth-order valence-electron chi connectivity index (χ4n) is 1.37. The number of carbonyl (C=O) groups excluding carboxylic acids is 1. The van der Waals surface area contributed by atoms with E-state index >= 15 is 0 Å². The molecule has 0 spiro atoms. The smallest absolute Gasteiger partial charge is 0.323 e. The van der Waals surface area contributed by atoms with Gasteiger partial charge in [0.15, 0.2) is 5.13 Å². The highest BCUT2D eigenvalue weighted by atomic mass is 32.1. The summed E-state index contributed by atoms with van der Waals surface area (Å²) in [4.78, 5) is 28.2. The van der Waals surface area contributed by atoms with Crippen LogP contribution in [0.2, 0.25) is 0 Å². The molecule has 1 rings (SSSR count). The molecule has 0 aliphatic carbocycles. The Balaban J connectivity index is 2.56. The first-order chi connectivity index (χ1) is 8.81. The van der Waals surface area contributed by atoms with E-state index in [2.05, 4.69) is 10.3 Å². The molecule has 2 amide bonds. The van der Waals surface area contributed by atoms with Crippen molar-refractivity contribution in [2.45, 2.75) is 26.7 Å². The fourth-order valence-corrected chi connectivity index (χ4v) is 2.23. The second-order valence-corrected chi connectivity index (χ2v) is 5.64. The van der Waals surface area contributed by atoms with E-state index in [0.29, 0.717) is 11.0 Å². The third-order valence-corrected chi connectivity index (χ3v) is 3.42. The maximum atomic E-state index is 11.8. The second kappa shape index (κ2) is 6.51. The van der Waals surface area contributed by atoms with Crippen LogP contribution in [0.15, 0.2) is 5.38 Å². The minimum atomic E-state index is -0.920. The summed E-state index contributed by atoms with van der Waals surface area (Å²) >= 11 is 1.36. The van der Waals surface area contributed by atoms with Gasteiger partial charge in [-0.15, -0.1) is 11.3 Å². The molecule has 1 atom stereocenters. The molecule has 0 radical (unpaired) electrons. The zero-order valence-corrected chi connectivity index (χ0v) is 12.3. The van der Waals surface area contributed by atoms with Crippen LogP contribution >= 0.6 is 11.3 Å². The summed E-state index contributed by atoms with van der Waals surface area (Å²) in [5.74, 6) is -1.21. The summed E-state index contributed by atoms with van der Waals surface area (Å²) in [7, 11) is 1.56. The number of urea groups is 1. The first kappa shape index (κ1) is 15.4. The van der Waals surface area contributed by atoms with Gasteiger partial charge in [0, 0.05) is 19.0 Å². The molecule has 0 saturated carbocycles. The van der Waals surface area contributed by atoms with Crippen LogP contribution in [0, 0.1) is 5.92 Å². The van der Waals surface area contributed by atoms with Crippen LogP contribution in [0.3, 0.4) is 0 Å². The van der Waals surface area contributed by atoms with Gasteiger partial charge >= 0.3 is 12.0 Å². The number of thiazole rings is 1. The van der Waals surface area contributed by atoms with Gasteiger partial charge in [0.25, 0.3) is 0 Å². The number of carbonyl (C=O) groups is 2. The Morgan fingerprint density at radius 2 is 2.11 bits per heavy atom. The first-order valence-electron chi connectivity index (χ1n) is 6.01. The Hall–Kier alpha value is -1.63. The minimum absolute atomic E-state index is 0.156. The van der Waals surface area contributed by atoms with Crippen molar-refractivity contribution in [2.24, 2.45) is 5.92 Å². The molecule has 0 aliphatic heterocycles. The van der Waals surface area contributed by atoms with Crippen LogP contribution in [0.1, 0.15) is 32.4 Å². The van der Waals surface area contributed by atoms with Crippen LogP contribution < -0.4 is 5.32 Å². The molecule has 0 aliphatic rings. The largest absolute Gasteiger partial charge is 0.481 e. The maximum Gasteiger partial charge on any atom is 0.323 e. The summed E-state index contributed by atoms with van der Waals surface area (Å²) in [6.07, 6.45) is 0. The highest BCUT2D eigenvalue weighted by Crippen LogP contribution is 2.21. The number of carboxylic acid groups (broad SMARTS) is 1. The molecule has 0 aromatic carbocycles. The van der Waals surface area contributed by atoms with E-state index in [4.69, 9.17) is 5.11 Å². The minimum Gasteiger partial charge on any atom is -0.481 e. The zero-order valence-electron chi connectivity index (χ0n) is 11.5. The molecule has 0 bridgehead atoms. The van der Waals surface area contributed by atoms with Crippen molar-refractivity contribution in [3.05, 3.63) is 11.1 Å². The Bertz CT molecular complexity index is 459. The number of hydrogen-bond acceptors (Lipinski definition) is 4. The van der Waals surface area contributed by atoms with Crippen LogP contribution in [-0.4, -0.2) is 40.6 Å². The van der Waals surface area contributed by atoms with Crippen molar-refractivity contribution in [3.8, 4) is 0 Å². The van der Waals surface area contributed by atoms with Gasteiger partial charge in [-0.25, -0.2) is 9.78 Å². The highest BCUT2D eigenvalue weighted by Gasteiger charge is 2.18. The third-order valence-electron chi connectivity index (χ3n) is 2.64. The van der Waals surface area contributed by atoms with Gasteiger partial charge < -0.3 is 10.0 Å². The summed E-state index contributed by atoms with van der Waals surface area (Å²) in [6.45, 7) is 5.78. The molecule has 0 saturated heterocycles. The summed E-state index contributed by atoms with van der Waals surface area (Å²) in [5, 5.41) is 13.9. The van der Waals surface area contributed by atoms with E-state index in [1.807, 2.05) is 19.2 Å². The van der Waals surface area contributed by atoms with E-state index < -0.39 is 11.9 Å². The van der Waals surface area contributed by atoms with Gasteiger partial charge in [0.1, 0.15) is 0 Å². The van der Waals surface area contributed by atoms with Gasteiger partial charge in [0.05, 0.1) is 11.6 Å². The predicted octanol–water partition coefficient (Wildman–Crippen LogP) is 2.45. The zero-order chi connectivity index (χ0) is 14.6. The molecule has 1 heterocycles. The molecule has 106 valence electrons. The molecule has 1 unspecified atom stereocenters. The van der Waals surface area contributed by atoms with Gasteiger partial charge in [-0.05, 0) is 5.92 Å². The lowest BCUT2D eigenvalue weighted by molar-refractivity contribution is -0.141. The lowest BCUT2D eigenvalue weighted by Gasteiger charge is -2.19. The lowest BCUT2D eigenvalue weighted by Crippen LogP contribution is -2.36. The number of aromatic nitrogens is 1. The van der Waals surface area contributed by atoms with Gasteiger partial charge in [0.2, 0.25) is 0 Å². The van der Waals surface area contributed by atoms with Gasteiger partial charge in [-0.2, -0.15) is 0 Å². The topological polar surface area (TPSA) is 82.5 Å². The van der Waals surface area contributed by atoms with Crippen molar-refractivity contribution >= 4 is 28.5 Å². The van der Waals surface area contributed by atoms with Crippen LogP contribution in [0.25, 0.3) is 0 Å². The molecule has 0 fully saturated rings. The van der Waals surface area contributed by atoms with E-state index in [9.17, 15) is 9.59 Å². The standard InChI is InChI=1S/C12H19N3O3S/c1-7(2)9-6-19-11(13-9)14-12(18)15(4)5-8(3)10(16)17/h6-8H,5H2,1-4H3,(H,16,17)(H,13,14,18). The van der Waals surface area contributed by atoms with Crippen molar-refractivity contribution in [1.29, 1.82) is 0 Å². The molecule has 19 heavy (non-hydrogen) atoms. The van der Waals surface area contributed by atoms with Crippen molar-refractivity contribution < 1.29 is 14.7 Å². The Morgan fingerprint density at radius 3 is 2.58 bits per heavy atom. The highest BCUT2D eigenvalue weighted by molar-refractivity contribution is 7.13. The maximum absolute atomic E-state index is 11.8. The first-order valence-corrected chi connectivity index (χ1v) is 6.89. The summed E-state index contributed by atoms with van der Waals surface area (Å²) in [6, 6.07) is -0.349. The average molecular weight is 285 g/mol. The molecule has 2 N–H and O–H groups in total. The quantitative estimate of drug-likeness (QED) is 0.870. The Labute approximate surface area is 116 Å². The van der Waals surface area contributed by atoms with E-state index in [-0.39, 0.29) is 12.6 Å². The number of anilines is 1. The van der Waals surface area contributed by atoms with Crippen LogP contribution in [-0.2, 0) is 4.79 Å². The molecule has 1 aromatic rings. The number of hydrogen-bond donors (Lipinski definition) is 2. The monoisotopic (exact) mass is 285 g/mol. The SMILES string of the molecule is CC(CN(C)C(=O)Nc1nc(C(C)C)cs1)C(=O)O. The molecular weight excluding hydrogens is 266 g/mol. The molecule has 7 heteroatoms. The van der Waals surface area contributed by atoms with Crippen molar-refractivity contribution in [3.63, 3.8) is 0 Å². The summed E-state index contributed by atoms with van der Waals surface area (Å²) < 4.78 is 0. The van der Waals surface area contributed by atoms with Crippen molar-refractivity contribution in [2.75, 3.05) is 18.9 Å². The van der Waals surface area contributed by atoms with Crippen LogP contribution in [0.5, 0.6) is 0 Å². The number of nitrogens with one attached hydrogen (secondary N) is 1. The number of carboxylic acids is 1. The second-order valence-electron chi connectivity index (χ2n) is 4.78. The molecule has 6 nitrogen and oxygen atoms in total.